The van der Waals surface area contributed by atoms with Crippen molar-refractivity contribution in [2.45, 2.75) is 6.16 Å². The van der Waals surface area contributed by atoms with Crippen molar-refractivity contribution in [3.63, 3.8) is 0 Å². The van der Waals surface area contributed by atoms with Crippen molar-refractivity contribution in [2.75, 3.05) is 17.7 Å². The van der Waals surface area contributed by atoms with E-state index in [9.17, 15) is 9.36 Å². The molecule has 2 N–H and O–H groups in total. The number of carbonyl (C=O) groups excluding carboxylic acids is 1. The first kappa shape index (κ1) is 22.5. The molecule has 4 rings (SSSR count). The highest BCUT2D eigenvalue weighted by Crippen LogP contribution is 2.34. The minimum Gasteiger partial charge on any atom is -0.437 e. The molecule has 8 nitrogen and oxygen atoms in total. The molecule has 0 radical (unpaired) electrons. The van der Waals surface area contributed by atoms with Gasteiger partial charge < -0.3 is 15.4 Å². The molecule has 0 aliphatic heterocycles. The van der Waals surface area contributed by atoms with Gasteiger partial charge in [0.15, 0.2) is 0 Å². The Kier molecular flexibility index (Phi) is 7.04. The number of amides is 1. The molecule has 4 aromatic rings. The number of ether oxygens (including phenoxy) is 1. The summed E-state index contributed by atoms with van der Waals surface area (Å²) in [6, 6.07) is 16.4. The molecule has 1 unspecified atom stereocenters. The lowest BCUT2D eigenvalue weighted by Gasteiger charge is -2.10. The van der Waals surface area contributed by atoms with E-state index in [0.29, 0.717) is 29.4 Å². The van der Waals surface area contributed by atoms with Gasteiger partial charge >= 0.3 is 8.03 Å². The third-order valence-corrected chi connectivity index (χ3v) is 6.42. The molecule has 10 heteroatoms. The Bertz CT molecular complexity index is 1320. The second-order valence-electron chi connectivity index (χ2n) is 6.81. The van der Waals surface area contributed by atoms with Crippen LogP contribution in [0.2, 0.25) is 0 Å². The number of nitrogens with one attached hydrogen (secondary N) is 2. The number of rotatable bonds is 9. The molecule has 0 saturated heterocycles. The number of carbonyl (C=O) groups is 1. The van der Waals surface area contributed by atoms with Crippen molar-refractivity contribution in [1.82, 2.24) is 9.97 Å². The van der Waals surface area contributed by atoms with Crippen molar-refractivity contribution >= 4 is 52.8 Å². The summed E-state index contributed by atoms with van der Waals surface area (Å²) in [6.07, 6.45) is 1.56. The van der Waals surface area contributed by atoms with E-state index in [2.05, 4.69) is 27.2 Å². The fourth-order valence-electron chi connectivity index (χ4n) is 2.94. The van der Waals surface area contributed by atoms with Crippen LogP contribution in [0.15, 0.2) is 72.6 Å². The number of hydrogen-bond acceptors (Lipinski definition) is 8. The van der Waals surface area contributed by atoms with Gasteiger partial charge in [0.2, 0.25) is 23.9 Å². The Hall–Kier alpha value is -3.65. The van der Waals surface area contributed by atoms with Crippen LogP contribution in [0.5, 0.6) is 11.6 Å². The van der Waals surface area contributed by atoms with Crippen LogP contribution in [0.3, 0.4) is 0 Å². The van der Waals surface area contributed by atoms with Crippen LogP contribution in [-0.2, 0) is 20.0 Å². The maximum Gasteiger partial charge on any atom is 0.512 e. The number of benzene rings is 2. The third kappa shape index (κ3) is 5.78. The maximum atomic E-state index is 11.6. The van der Waals surface area contributed by atoms with Crippen LogP contribution in [-0.4, -0.2) is 23.0 Å². The molecule has 33 heavy (non-hydrogen) atoms. The summed E-state index contributed by atoms with van der Waals surface area (Å²) >= 11 is 1.48. The van der Waals surface area contributed by atoms with E-state index in [-0.39, 0.29) is 5.91 Å². The smallest absolute Gasteiger partial charge is 0.437 e. The summed E-state index contributed by atoms with van der Waals surface area (Å²) in [5.41, 5.74) is 3.02. The monoisotopic (exact) mass is 479 g/mol. The van der Waals surface area contributed by atoms with Gasteiger partial charge in [-0.05, 0) is 46.4 Å². The fraction of sp³-hybridized carbons (Fsp3) is 0.0870. The Morgan fingerprint density at radius 2 is 1.97 bits per heavy atom. The largest absolute Gasteiger partial charge is 0.512 e. The van der Waals surface area contributed by atoms with E-state index in [4.69, 9.17) is 9.26 Å². The van der Waals surface area contributed by atoms with Gasteiger partial charge in [-0.3, -0.25) is 4.79 Å². The van der Waals surface area contributed by atoms with Crippen LogP contribution in [0.4, 0.5) is 17.3 Å². The lowest BCUT2D eigenvalue weighted by atomic mass is 10.2. The Morgan fingerprint density at radius 3 is 2.73 bits per heavy atom. The molecule has 0 bridgehead atoms. The summed E-state index contributed by atoms with van der Waals surface area (Å²) in [5.74, 6) is 0.996. The van der Waals surface area contributed by atoms with Crippen LogP contribution in [0.1, 0.15) is 5.56 Å². The highest BCUT2D eigenvalue weighted by atomic mass is 32.1. The molecule has 0 aliphatic rings. The van der Waals surface area contributed by atoms with Crippen molar-refractivity contribution in [3.05, 3.63) is 78.2 Å². The minimum atomic E-state index is -1.70. The standard InChI is InChI=1S/C23H19N4O4PS/c1-3-20(28)24-17-5-4-6-18(13-17)31-22-21-19(11-12-33-21)26-23(27-22)25-16-9-7-15(8-10-16)14-32(29)30-2/h3-13H,1,14H2,2H3,(H-,24,25,26,27,28)/p+1. The number of hydrogen-bond donors (Lipinski definition) is 2. The number of anilines is 3. The molecule has 166 valence electrons. The second kappa shape index (κ2) is 10.3. The molecule has 1 atom stereocenters. The molecule has 0 fully saturated rings. The van der Waals surface area contributed by atoms with E-state index in [0.717, 1.165) is 21.5 Å². The first-order valence-corrected chi connectivity index (χ1v) is 12.1. The normalized spacial score (nSPS) is 11.1. The van der Waals surface area contributed by atoms with E-state index in [1.165, 1.54) is 24.5 Å². The Morgan fingerprint density at radius 1 is 1.15 bits per heavy atom. The molecule has 1 amide bonds. The highest BCUT2D eigenvalue weighted by molar-refractivity contribution is 7.38. The first-order chi connectivity index (χ1) is 16.0. The van der Waals surface area contributed by atoms with Crippen molar-refractivity contribution in [1.29, 1.82) is 0 Å². The quantitative estimate of drug-likeness (QED) is 0.216. The summed E-state index contributed by atoms with van der Waals surface area (Å²) in [7, 11) is -0.272. The average Bonchev–Trinajstić information content (AvgIpc) is 3.29. The SMILES string of the molecule is C=CC(=O)Nc1cccc(Oc2nc(Nc3ccc(C[P+](=O)OC)cc3)nc3ccsc23)c1. The molecule has 0 aliphatic carbocycles. The van der Waals surface area contributed by atoms with Gasteiger partial charge in [0.25, 0.3) is 0 Å². The average molecular weight is 479 g/mol. The topological polar surface area (TPSA) is 102 Å². The molecule has 0 spiro atoms. The van der Waals surface area contributed by atoms with Crippen LogP contribution < -0.4 is 15.4 Å². The third-order valence-electron chi connectivity index (χ3n) is 4.50. The van der Waals surface area contributed by atoms with E-state index in [1.807, 2.05) is 35.7 Å². The molecular formula is C23H20N4O4PS+. The molecule has 2 aromatic carbocycles. The zero-order chi connectivity index (χ0) is 23.2. The molecule has 2 aromatic heterocycles. The zero-order valence-electron chi connectivity index (χ0n) is 17.6. The molecule has 2 heterocycles. The minimum absolute atomic E-state index is 0.304. The number of nitrogens with zero attached hydrogens (tertiary/aromatic N) is 2. The van der Waals surface area contributed by atoms with Gasteiger partial charge in [0.05, 0.1) is 12.6 Å². The van der Waals surface area contributed by atoms with Gasteiger partial charge in [-0.2, -0.15) is 4.98 Å². The Balaban J connectivity index is 1.56. The van der Waals surface area contributed by atoms with Crippen LogP contribution >= 0.6 is 19.4 Å². The van der Waals surface area contributed by atoms with Crippen molar-refractivity contribution in [2.24, 2.45) is 0 Å². The fourth-order valence-corrected chi connectivity index (χ4v) is 4.33. The zero-order valence-corrected chi connectivity index (χ0v) is 19.4. The number of thiophene rings is 1. The lowest BCUT2D eigenvalue weighted by molar-refractivity contribution is -0.111. The van der Waals surface area contributed by atoms with Crippen molar-refractivity contribution in [3.8, 4) is 11.6 Å². The van der Waals surface area contributed by atoms with Gasteiger partial charge in [-0.15, -0.1) is 15.9 Å². The Labute approximate surface area is 195 Å². The van der Waals surface area contributed by atoms with Gasteiger partial charge in [0, 0.05) is 23.0 Å². The molecule has 0 saturated carbocycles. The summed E-state index contributed by atoms with van der Waals surface area (Å²) in [6.45, 7) is 3.46. The van der Waals surface area contributed by atoms with Gasteiger partial charge in [-0.25, -0.2) is 4.98 Å². The summed E-state index contributed by atoms with van der Waals surface area (Å²) < 4.78 is 23.3. The second-order valence-corrected chi connectivity index (χ2v) is 9.07. The van der Waals surface area contributed by atoms with Crippen molar-refractivity contribution < 1.29 is 18.6 Å². The van der Waals surface area contributed by atoms with Gasteiger partial charge in [0.1, 0.15) is 10.4 Å². The van der Waals surface area contributed by atoms with Gasteiger partial charge in [-0.1, -0.05) is 24.8 Å². The predicted octanol–water partition coefficient (Wildman–Crippen LogP) is 6.24. The first-order valence-electron chi connectivity index (χ1n) is 9.85. The highest BCUT2D eigenvalue weighted by Gasteiger charge is 2.16. The number of aromatic nitrogens is 2. The van der Waals surface area contributed by atoms with E-state index in [1.54, 1.807) is 24.3 Å². The van der Waals surface area contributed by atoms with E-state index >= 15 is 0 Å². The molecular weight excluding hydrogens is 459 g/mol. The predicted molar refractivity (Wildman–Crippen MR) is 131 cm³/mol. The lowest BCUT2D eigenvalue weighted by Crippen LogP contribution is -2.07. The van der Waals surface area contributed by atoms with E-state index < -0.39 is 8.03 Å². The summed E-state index contributed by atoms with van der Waals surface area (Å²) in [4.78, 5) is 20.7. The van der Waals surface area contributed by atoms with Crippen LogP contribution in [0, 0.1) is 0 Å². The summed E-state index contributed by atoms with van der Waals surface area (Å²) in [5, 5.41) is 7.81. The van der Waals surface area contributed by atoms with Crippen LogP contribution in [0.25, 0.3) is 10.2 Å². The number of fused-ring (bicyclic) bond motifs is 1. The maximum absolute atomic E-state index is 11.6.